The quantitative estimate of drug-likeness (QED) is 0.604. The molecule has 0 atom stereocenters. The molecular formula is C11H16N4O2. The van der Waals surface area contributed by atoms with E-state index in [0.717, 1.165) is 11.1 Å². The zero-order valence-electron chi connectivity index (χ0n) is 9.62. The molecule has 1 aromatic carbocycles. The van der Waals surface area contributed by atoms with Gasteiger partial charge in [0.05, 0.1) is 0 Å². The van der Waals surface area contributed by atoms with Gasteiger partial charge in [0.25, 0.3) is 0 Å². The molecule has 1 aromatic rings. The molecule has 1 rings (SSSR count). The maximum absolute atomic E-state index is 11.0. The van der Waals surface area contributed by atoms with E-state index in [1.807, 2.05) is 24.3 Å². The number of carbonyl (C=O) groups excluding carboxylic acids is 2. The topological polar surface area (TPSA) is 96.2 Å². The van der Waals surface area contributed by atoms with Crippen LogP contribution >= 0.6 is 0 Å². The summed E-state index contributed by atoms with van der Waals surface area (Å²) in [6.45, 7) is 0.813. The van der Waals surface area contributed by atoms with Crippen LogP contribution in [0.4, 0.5) is 9.59 Å². The van der Waals surface area contributed by atoms with Crippen molar-refractivity contribution in [3.63, 3.8) is 0 Å². The summed E-state index contributed by atoms with van der Waals surface area (Å²) in [5.74, 6) is 0. The lowest BCUT2D eigenvalue weighted by atomic mass is 10.1. The summed E-state index contributed by atoms with van der Waals surface area (Å²) in [6, 6.07) is 6.73. The molecule has 0 radical (unpaired) electrons. The number of nitrogens with one attached hydrogen (secondary N) is 3. The maximum atomic E-state index is 11.0. The molecule has 0 aliphatic heterocycles. The van der Waals surface area contributed by atoms with Gasteiger partial charge in [-0.25, -0.2) is 9.59 Å². The van der Waals surface area contributed by atoms with Crippen LogP contribution in [-0.2, 0) is 13.1 Å². The third-order valence-electron chi connectivity index (χ3n) is 2.14. The first-order valence-electron chi connectivity index (χ1n) is 5.18. The highest BCUT2D eigenvalue weighted by Crippen LogP contribution is 2.04. The SMILES string of the molecule is CNC(=O)NCc1cccc(CNC(N)=O)c1. The number of hydrogen-bond acceptors (Lipinski definition) is 2. The van der Waals surface area contributed by atoms with Gasteiger partial charge >= 0.3 is 12.1 Å². The summed E-state index contributed by atoms with van der Waals surface area (Å²) in [5, 5.41) is 7.65. The van der Waals surface area contributed by atoms with Crippen LogP contribution in [0.15, 0.2) is 24.3 Å². The Morgan fingerprint density at radius 1 is 1.18 bits per heavy atom. The molecule has 0 spiro atoms. The van der Waals surface area contributed by atoms with Crippen LogP contribution in [0, 0.1) is 0 Å². The number of primary amides is 1. The van der Waals surface area contributed by atoms with Gasteiger partial charge < -0.3 is 21.7 Å². The van der Waals surface area contributed by atoms with Crippen molar-refractivity contribution >= 4 is 12.1 Å². The molecular weight excluding hydrogens is 220 g/mol. The lowest BCUT2D eigenvalue weighted by molar-refractivity contribution is 0.242. The monoisotopic (exact) mass is 236 g/mol. The number of benzene rings is 1. The number of urea groups is 2. The highest BCUT2D eigenvalue weighted by atomic mass is 16.2. The molecule has 5 N–H and O–H groups in total. The number of nitrogens with two attached hydrogens (primary N) is 1. The van der Waals surface area contributed by atoms with E-state index in [2.05, 4.69) is 16.0 Å². The van der Waals surface area contributed by atoms with E-state index < -0.39 is 6.03 Å². The number of rotatable bonds is 4. The van der Waals surface area contributed by atoms with Gasteiger partial charge in [0.1, 0.15) is 0 Å². The number of hydrogen-bond donors (Lipinski definition) is 4. The van der Waals surface area contributed by atoms with Gasteiger partial charge in [-0.1, -0.05) is 24.3 Å². The van der Waals surface area contributed by atoms with E-state index in [1.54, 1.807) is 7.05 Å². The molecule has 4 amide bonds. The minimum absolute atomic E-state index is 0.231. The Hall–Kier alpha value is -2.24. The smallest absolute Gasteiger partial charge is 0.314 e. The second-order valence-electron chi connectivity index (χ2n) is 3.47. The van der Waals surface area contributed by atoms with Crippen LogP contribution in [0.3, 0.4) is 0 Å². The molecule has 0 bridgehead atoms. The second kappa shape index (κ2) is 6.37. The van der Waals surface area contributed by atoms with Gasteiger partial charge in [-0.3, -0.25) is 0 Å². The van der Waals surface area contributed by atoms with Gasteiger partial charge in [0, 0.05) is 20.1 Å². The lowest BCUT2D eigenvalue weighted by Gasteiger charge is -2.07. The molecule has 0 heterocycles. The Morgan fingerprint density at radius 2 is 1.76 bits per heavy atom. The summed E-state index contributed by atoms with van der Waals surface area (Å²) < 4.78 is 0. The normalized spacial score (nSPS) is 9.47. The predicted molar refractivity (Wildman–Crippen MR) is 64.2 cm³/mol. The second-order valence-corrected chi connectivity index (χ2v) is 3.47. The molecule has 0 aliphatic carbocycles. The van der Waals surface area contributed by atoms with Crippen LogP contribution < -0.4 is 21.7 Å². The van der Waals surface area contributed by atoms with Crippen molar-refractivity contribution in [1.82, 2.24) is 16.0 Å². The molecule has 6 heteroatoms. The first kappa shape index (κ1) is 12.8. The largest absolute Gasteiger partial charge is 0.352 e. The highest BCUT2D eigenvalue weighted by Gasteiger charge is 1.99. The van der Waals surface area contributed by atoms with Crippen LogP contribution in [0.25, 0.3) is 0 Å². The van der Waals surface area contributed by atoms with E-state index >= 15 is 0 Å². The molecule has 0 saturated carbocycles. The summed E-state index contributed by atoms with van der Waals surface area (Å²) in [5.41, 5.74) is 6.87. The van der Waals surface area contributed by atoms with E-state index in [9.17, 15) is 9.59 Å². The predicted octanol–water partition coefficient (Wildman–Crippen LogP) is 0.284. The van der Waals surface area contributed by atoms with Crippen molar-refractivity contribution in [2.75, 3.05) is 7.05 Å². The maximum Gasteiger partial charge on any atom is 0.314 e. The van der Waals surface area contributed by atoms with Crippen molar-refractivity contribution < 1.29 is 9.59 Å². The Kier molecular flexibility index (Phi) is 4.80. The summed E-state index contributed by atoms with van der Waals surface area (Å²) in [6.07, 6.45) is 0. The summed E-state index contributed by atoms with van der Waals surface area (Å²) >= 11 is 0. The van der Waals surface area contributed by atoms with E-state index in [-0.39, 0.29) is 6.03 Å². The number of carbonyl (C=O) groups is 2. The van der Waals surface area contributed by atoms with Crippen LogP contribution in [0.5, 0.6) is 0 Å². The molecule has 6 nitrogen and oxygen atoms in total. The fourth-order valence-electron chi connectivity index (χ4n) is 1.31. The Labute approximate surface area is 99.6 Å². The standard InChI is InChI=1S/C11H16N4O2/c1-13-11(17)15-7-9-4-2-3-8(5-9)6-14-10(12)16/h2-5H,6-7H2,1H3,(H3,12,14,16)(H2,13,15,17). The van der Waals surface area contributed by atoms with Crippen molar-refractivity contribution in [1.29, 1.82) is 0 Å². The van der Waals surface area contributed by atoms with Gasteiger partial charge in [0.2, 0.25) is 0 Å². The highest BCUT2D eigenvalue weighted by molar-refractivity contribution is 5.73. The Bertz CT molecular complexity index is 406. The summed E-state index contributed by atoms with van der Waals surface area (Å²) in [7, 11) is 1.56. The van der Waals surface area contributed by atoms with Crippen LogP contribution in [-0.4, -0.2) is 19.1 Å². The Balaban J connectivity index is 2.53. The fraction of sp³-hybridized carbons (Fsp3) is 0.273. The van der Waals surface area contributed by atoms with E-state index in [1.165, 1.54) is 0 Å². The Morgan fingerprint density at radius 3 is 2.29 bits per heavy atom. The molecule has 0 aliphatic rings. The lowest BCUT2D eigenvalue weighted by Crippen LogP contribution is -2.32. The van der Waals surface area contributed by atoms with Crippen LogP contribution in [0.2, 0.25) is 0 Å². The van der Waals surface area contributed by atoms with Crippen molar-refractivity contribution in [2.45, 2.75) is 13.1 Å². The van der Waals surface area contributed by atoms with Crippen molar-refractivity contribution in [2.24, 2.45) is 5.73 Å². The average molecular weight is 236 g/mol. The minimum atomic E-state index is -0.557. The van der Waals surface area contributed by atoms with Crippen molar-refractivity contribution in [3.8, 4) is 0 Å². The zero-order chi connectivity index (χ0) is 12.7. The van der Waals surface area contributed by atoms with Gasteiger partial charge in [0.15, 0.2) is 0 Å². The van der Waals surface area contributed by atoms with E-state index in [4.69, 9.17) is 5.73 Å². The zero-order valence-corrected chi connectivity index (χ0v) is 9.62. The minimum Gasteiger partial charge on any atom is -0.352 e. The molecule has 0 aromatic heterocycles. The van der Waals surface area contributed by atoms with Gasteiger partial charge in [-0.15, -0.1) is 0 Å². The van der Waals surface area contributed by atoms with E-state index in [0.29, 0.717) is 13.1 Å². The first-order valence-corrected chi connectivity index (χ1v) is 5.18. The van der Waals surface area contributed by atoms with Gasteiger partial charge in [-0.05, 0) is 11.1 Å². The molecule has 0 fully saturated rings. The third kappa shape index (κ3) is 4.87. The van der Waals surface area contributed by atoms with Crippen molar-refractivity contribution in [3.05, 3.63) is 35.4 Å². The van der Waals surface area contributed by atoms with Gasteiger partial charge in [-0.2, -0.15) is 0 Å². The van der Waals surface area contributed by atoms with Crippen LogP contribution in [0.1, 0.15) is 11.1 Å². The molecule has 0 saturated heterocycles. The summed E-state index contributed by atoms with van der Waals surface area (Å²) in [4.78, 5) is 21.5. The molecule has 0 unspecified atom stereocenters. The average Bonchev–Trinajstić information content (AvgIpc) is 2.34. The molecule has 92 valence electrons. The molecule has 17 heavy (non-hydrogen) atoms. The third-order valence-corrected chi connectivity index (χ3v) is 2.14. The first-order chi connectivity index (χ1) is 8.11. The number of amides is 4. The fourth-order valence-corrected chi connectivity index (χ4v) is 1.31.